The highest BCUT2D eigenvalue weighted by Crippen LogP contribution is 2.37. The minimum atomic E-state index is -4.56. The number of rotatable bonds is 7. The van der Waals surface area contributed by atoms with Gasteiger partial charge < -0.3 is 14.8 Å². The third kappa shape index (κ3) is 6.78. The number of nitrogens with one attached hydrogen (secondary N) is 1. The highest BCUT2D eigenvalue weighted by molar-refractivity contribution is 6.32. The standard InChI is InChI=1S/C26H20ClF3N2O3/c1-16-5-3-6-17(9-16)15-35-24-22(27)11-18(12-23(24)34-2)10-19(14-31)25(33)32-21-8-4-7-20(13-21)26(28,29)30/h3-13H,15H2,1-2H3,(H,32,33)/b19-10+. The molecule has 0 radical (unpaired) electrons. The molecule has 3 rings (SSSR count). The quantitative estimate of drug-likeness (QED) is 0.286. The van der Waals surface area contributed by atoms with Crippen molar-refractivity contribution in [1.82, 2.24) is 0 Å². The molecule has 0 bridgehead atoms. The Morgan fingerprint density at radius 3 is 2.54 bits per heavy atom. The number of carbonyl (C=O) groups excluding carboxylic acids is 1. The number of benzene rings is 3. The van der Waals surface area contributed by atoms with Crippen LogP contribution in [0.15, 0.2) is 66.2 Å². The number of methoxy groups -OCH3 is 1. The van der Waals surface area contributed by atoms with Crippen molar-refractivity contribution in [2.45, 2.75) is 19.7 Å². The van der Waals surface area contributed by atoms with Gasteiger partial charge in [0.1, 0.15) is 18.2 Å². The second-order valence-corrected chi connectivity index (χ2v) is 7.92. The molecule has 0 saturated heterocycles. The number of alkyl halides is 3. The minimum absolute atomic E-state index is 0.0958. The van der Waals surface area contributed by atoms with Gasteiger partial charge in [-0.25, -0.2) is 0 Å². The van der Waals surface area contributed by atoms with Gasteiger partial charge in [-0.1, -0.05) is 47.5 Å². The lowest BCUT2D eigenvalue weighted by atomic mass is 10.1. The molecule has 3 aromatic rings. The molecule has 3 aromatic carbocycles. The van der Waals surface area contributed by atoms with Crippen LogP contribution in [-0.2, 0) is 17.6 Å². The summed E-state index contributed by atoms with van der Waals surface area (Å²) >= 11 is 6.38. The van der Waals surface area contributed by atoms with E-state index in [1.165, 1.54) is 31.4 Å². The molecule has 0 aromatic heterocycles. The number of carbonyl (C=O) groups is 1. The number of hydrogen-bond acceptors (Lipinski definition) is 4. The summed E-state index contributed by atoms with van der Waals surface area (Å²) in [7, 11) is 1.42. The van der Waals surface area contributed by atoms with Gasteiger partial charge in [0.15, 0.2) is 11.5 Å². The van der Waals surface area contributed by atoms with Crippen molar-refractivity contribution < 1.29 is 27.4 Å². The normalized spacial score (nSPS) is 11.5. The summed E-state index contributed by atoms with van der Waals surface area (Å²) in [4.78, 5) is 12.5. The molecule has 0 spiro atoms. The minimum Gasteiger partial charge on any atom is -0.493 e. The first-order valence-corrected chi connectivity index (χ1v) is 10.6. The van der Waals surface area contributed by atoms with Gasteiger partial charge in [0.05, 0.1) is 17.7 Å². The fourth-order valence-corrected chi connectivity index (χ4v) is 3.48. The number of ether oxygens (including phenoxy) is 2. The largest absolute Gasteiger partial charge is 0.493 e. The molecular formula is C26H20ClF3N2O3. The molecule has 0 aliphatic carbocycles. The lowest BCUT2D eigenvalue weighted by Gasteiger charge is -2.14. The van der Waals surface area contributed by atoms with E-state index in [1.54, 1.807) is 6.07 Å². The van der Waals surface area contributed by atoms with Crippen molar-refractivity contribution >= 4 is 29.3 Å². The molecule has 0 heterocycles. The second kappa shape index (κ2) is 11.0. The van der Waals surface area contributed by atoms with Gasteiger partial charge >= 0.3 is 6.18 Å². The first kappa shape index (κ1) is 25.7. The fourth-order valence-electron chi connectivity index (χ4n) is 3.21. The van der Waals surface area contributed by atoms with Gasteiger partial charge in [-0.2, -0.15) is 18.4 Å². The summed E-state index contributed by atoms with van der Waals surface area (Å²) in [6.45, 7) is 2.21. The van der Waals surface area contributed by atoms with Crippen LogP contribution < -0.4 is 14.8 Å². The topological polar surface area (TPSA) is 71.3 Å². The smallest absolute Gasteiger partial charge is 0.416 e. The summed E-state index contributed by atoms with van der Waals surface area (Å²) in [6, 6.07) is 16.7. The third-order valence-electron chi connectivity index (χ3n) is 4.84. The maximum absolute atomic E-state index is 12.9. The lowest BCUT2D eigenvalue weighted by Crippen LogP contribution is -2.14. The summed E-state index contributed by atoms with van der Waals surface area (Å²) in [5.41, 5.74) is 1.03. The first-order valence-electron chi connectivity index (χ1n) is 10.3. The maximum Gasteiger partial charge on any atom is 0.416 e. The van der Waals surface area contributed by atoms with E-state index in [9.17, 15) is 23.2 Å². The van der Waals surface area contributed by atoms with Gasteiger partial charge in [-0.05, 0) is 54.5 Å². The Morgan fingerprint density at radius 1 is 1.14 bits per heavy atom. The molecule has 0 saturated carbocycles. The monoisotopic (exact) mass is 500 g/mol. The molecule has 0 unspecified atom stereocenters. The molecule has 0 fully saturated rings. The van der Waals surface area contributed by atoms with Gasteiger partial charge in [0, 0.05) is 5.69 Å². The average Bonchev–Trinajstić information content (AvgIpc) is 2.81. The molecule has 0 atom stereocenters. The summed E-state index contributed by atoms with van der Waals surface area (Å²) in [6.07, 6.45) is -3.31. The summed E-state index contributed by atoms with van der Waals surface area (Å²) in [5, 5.41) is 12.0. The van der Waals surface area contributed by atoms with Gasteiger partial charge in [-0.15, -0.1) is 0 Å². The van der Waals surface area contributed by atoms with Crippen LogP contribution in [0.4, 0.5) is 18.9 Å². The molecule has 9 heteroatoms. The Kier molecular flexibility index (Phi) is 8.05. The third-order valence-corrected chi connectivity index (χ3v) is 5.12. The van der Waals surface area contributed by atoms with Gasteiger partial charge in [0.25, 0.3) is 5.91 Å². The van der Waals surface area contributed by atoms with Gasteiger partial charge in [0.2, 0.25) is 0 Å². The summed E-state index contributed by atoms with van der Waals surface area (Å²) in [5.74, 6) is -0.298. The van der Waals surface area contributed by atoms with Crippen molar-refractivity contribution in [2.75, 3.05) is 12.4 Å². The van der Waals surface area contributed by atoms with Crippen LogP contribution in [0.2, 0.25) is 5.02 Å². The molecule has 1 amide bonds. The Morgan fingerprint density at radius 2 is 1.89 bits per heavy atom. The van der Waals surface area contributed by atoms with E-state index in [4.69, 9.17) is 21.1 Å². The van der Waals surface area contributed by atoms with Crippen molar-refractivity contribution in [2.24, 2.45) is 0 Å². The molecule has 1 N–H and O–H groups in total. The number of nitrogens with zero attached hydrogens (tertiary/aromatic N) is 1. The number of hydrogen-bond donors (Lipinski definition) is 1. The molecule has 35 heavy (non-hydrogen) atoms. The number of halogens is 4. The van der Waals surface area contributed by atoms with E-state index in [1.807, 2.05) is 31.2 Å². The molecule has 0 aliphatic heterocycles. The number of aryl methyl sites for hydroxylation is 1. The van der Waals surface area contributed by atoms with Crippen LogP contribution in [0, 0.1) is 18.3 Å². The zero-order valence-corrected chi connectivity index (χ0v) is 19.5. The molecule has 180 valence electrons. The zero-order chi connectivity index (χ0) is 25.6. The van der Waals surface area contributed by atoms with Crippen LogP contribution in [0.3, 0.4) is 0 Å². The van der Waals surface area contributed by atoms with Crippen LogP contribution in [0.5, 0.6) is 11.5 Å². The number of amides is 1. The Labute approximate surface area is 205 Å². The van der Waals surface area contributed by atoms with Crippen LogP contribution >= 0.6 is 11.6 Å². The van der Waals surface area contributed by atoms with E-state index in [0.717, 1.165) is 29.3 Å². The SMILES string of the molecule is COc1cc(/C=C(\C#N)C(=O)Nc2cccc(C(F)(F)F)c2)cc(Cl)c1OCc1cccc(C)c1. The van der Waals surface area contributed by atoms with Crippen LogP contribution in [0.25, 0.3) is 6.08 Å². The lowest BCUT2D eigenvalue weighted by molar-refractivity contribution is -0.137. The van der Waals surface area contributed by atoms with E-state index >= 15 is 0 Å². The fraction of sp³-hybridized carbons (Fsp3) is 0.154. The molecular weight excluding hydrogens is 481 g/mol. The number of anilines is 1. The predicted octanol–water partition coefficient (Wildman–Crippen LogP) is 6.80. The molecule has 0 aliphatic rings. The van der Waals surface area contributed by atoms with Crippen molar-refractivity contribution in [3.63, 3.8) is 0 Å². The first-order chi connectivity index (χ1) is 16.6. The van der Waals surface area contributed by atoms with E-state index in [2.05, 4.69) is 5.32 Å². The zero-order valence-electron chi connectivity index (χ0n) is 18.7. The molecule has 5 nitrogen and oxygen atoms in total. The van der Waals surface area contributed by atoms with Gasteiger partial charge in [-0.3, -0.25) is 4.79 Å². The Bertz CT molecular complexity index is 1310. The second-order valence-electron chi connectivity index (χ2n) is 7.51. The highest BCUT2D eigenvalue weighted by Gasteiger charge is 2.30. The highest BCUT2D eigenvalue weighted by atomic mass is 35.5. The van der Waals surface area contributed by atoms with Crippen LogP contribution in [0.1, 0.15) is 22.3 Å². The van der Waals surface area contributed by atoms with E-state index in [-0.39, 0.29) is 28.6 Å². The maximum atomic E-state index is 12.9. The van der Waals surface area contributed by atoms with Crippen molar-refractivity contribution in [3.05, 3.63) is 93.5 Å². The van der Waals surface area contributed by atoms with Crippen molar-refractivity contribution in [1.29, 1.82) is 5.26 Å². The van der Waals surface area contributed by atoms with Crippen molar-refractivity contribution in [3.8, 4) is 17.6 Å². The van der Waals surface area contributed by atoms with Crippen LogP contribution in [-0.4, -0.2) is 13.0 Å². The number of nitriles is 1. The summed E-state index contributed by atoms with van der Waals surface area (Å²) < 4.78 is 50.0. The van der Waals surface area contributed by atoms with E-state index < -0.39 is 17.6 Å². The Balaban J connectivity index is 1.82. The Hall–Kier alpha value is -3.96. The predicted molar refractivity (Wildman–Crippen MR) is 127 cm³/mol. The van der Waals surface area contributed by atoms with E-state index in [0.29, 0.717) is 11.3 Å². The average molecular weight is 501 g/mol.